The Morgan fingerprint density at radius 1 is 1.12 bits per heavy atom. The second-order valence-corrected chi connectivity index (χ2v) is 6.51. The molecule has 4 heteroatoms. The van der Waals surface area contributed by atoms with Crippen molar-refractivity contribution in [1.29, 1.82) is 0 Å². The second-order valence-electron chi connectivity index (χ2n) is 6.51. The maximum Gasteiger partial charge on any atom is 0.317 e. The largest absolute Gasteiger partial charge is 0.454 e. The van der Waals surface area contributed by atoms with E-state index in [9.17, 15) is 4.79 Å². The molecule has 1 fully saturated rings. The number of hydrogen-bond acceptors (Lipinski definition) is 3. The summed E-state index contributed by atoms with van der Waals surface area (Å²) >= 11 is 0. The van der Waals surface area contributed by atoms with E-state index in [1.54, 1.807) is 0 Å². The second kappa shape index (κ2) is 5.48. The van der Waals surface area contributed by atoms with Crippen molar-refractivity contribution in [2.45, 2.75) is 31.3 Å². The highest BCUT2D eigenvalue weighted by molar-refractivity contribution is 5.86. The summed E-state index contributed by atoms with van der Waals surface area (Å²) in [7, 11) is 1.96. The number of esters is 1. The Morgan fingerprint density at radius 3 is 2.46 bits per heavy atom. The van der Waals surface area contributed by atoms with Gasteiger partial charge >= 0.3 is 5.97 Å². The number of carbonyl (C=O) groups excluding carboxylic acids is 1. The molecule has 1 aromatic heterocycles. The normalized spacial score (nSPS) is 16.8. The zero-order valence-electron chi connectivity index (χ0n) is 13.9. The van der Waals surface area contributed by atoms with Crippen LogP contribution in [0.4, 0.5) is 0 Å². The average molecular weight is 320 g/mol. The van der Waals surface area contributed by atoms with E-state index in [1.165, 1.54) is 0 Å². The lowest BCUT2D eigenvalue weighted by Crippen LogP contribution is -2.25. The topological polar surface area (TPSA) is 44.1 Å². The van der Waals surface area contributed by atoms with Crippen LogP contribution in [0, 0.1) is 0 Å². The first-order valence-electron chi connectivity index (χ1n) is 8.30. The molecule has 1 aliphatic rings. The summed E-state index contributed by atoms with van der Waals surface area (Å²) in [6.45, 7) is 1.89. The number of carbonyl (C=O) groups is 1. The molecule has 1 saturated carbocycles. The van der Waals surface area contributed by atoms with Gasteiger partial charge in [-0.05, 0) is 37.5 Å². The predicted molar refractivity (Wildman–Crippen MR) is 92.6 cm³/mol. The Bertz CT molecular complexity index is 894. The molecule has 122 valence electrons. The average Bonchev–Trinajstić information content (AvgIpc) is 3.36. The molecular weight excluding hydrogens is 300 g/mol. The Balaban J connectivity index is 1.58. The van der Waals surface area contributed by atoms with E-state index in [4.69, 9.17) is 4.74 Å². The number of ether oxygens (including phenoxy) is 1. The number of rotatable bonds is 4. The minimum absolute atomic E-state index is 0.145. The van der Waals surface area contributed by atoms with Crippen LogP contribution in [0.5, 0.6) is 0 Å². The molecule has 1 aliphatic carbocycles. The summed E-state index contributed by atoms with van der Waals surface area (Å²) in [6, 6.07) is 17.9. The molecule has 2 aromatic carbocycles. The van der Waals surface area contributed by atoms with Crippen molar-refractivity contribution in [1.82, 2.24) is 9.55 Å². The molecule has 0 bridgehead atoms. The molecule has 4 nitrogen and oxygen atoms in total. The van der Waals surface area contributed by atoms with Gasteiger partial charge in [-0.3, -0.25) is 4.79 Å². The van der Waals surface area contributed by atoms with Crippen molar-refractivity contribution >= 4 is 17.0 Å². The summed E-state index contributed by atoms with van der Waals surface area (Å²) in [5, 5.41) is 0. The summed E-state index contributed by atoms with van der Waals surface area (Å²) in [6.07, 6.45) is 1.33. The van der Waals surface area contributed by atoms with Gasteiger partial charge in [-0.1, -0.05) is 42.5 Å². The van der Waals surface area contributed by atoms with E-state index >= 15 is 0 Å². The fourth-order valence-electron chi connectivity index (χ4n) is 3.35. The predicted octanol–water partition coefficient (Wildman–Crippen LogP) is 3.91. The van der Waals surface area contributed by atoms with Gasteiger partial charge in [0.1, 0.15) is 0 Å². The summed E-state index contributed by atoms with van der Waals surface area (Å²) in [5.41, 5.74) is 2.55. The van der Waals surface area contributed by atoms with Crippen molar-refractivity contribution in [3.8, 4) is 0 Å². The number of fused-ring (bicyclic) bond motifs is 1. The molecule has 0 N–H and O–H groups in total. The number of aryl methyl sites for hydroxylation is 1. The lowest BCUT2D eigenvalue weighted by Gasteiger charge is -2.19. The summed E-state index contributed by atoms with van der Waals surface area (Å²) in [4.78, 5) is 17.4. The van der Waals surface area contributed by atoms with Gasteiger partial charge in [0.05, 0.1) is 16.4 Å². The first-order chi connectivity index (χ1) is 11.6. The molecule has 0 amide bonds. The molecule has 0 unspecified atom stereocenters. The highest BCUT2D eigenvalue weighted by atomic mass is 16.5. The lowest BCUT2D eigenvalue weighted by atomic mass is 9.96. The fraction of sp³-hybridized carbons (Fsp3) is 0.300. The van der Waals surface area contributed by atoms with E-state index in [0.717, 1.165) is 35.3 Å². The smallest absolute Gasteiger partial charge is 0.317 e. The van der Waals surface area contributed by atoms with Crippen LogP contribution in [-0.4, -0.2) is 15.5 Å². The van der Waals surface area contributed by atoms with Crippen LogP contribution in [0.3, 0.4) is 0 Å². The zero-order chi connectivity index (χ0) is 16.7. The van der Waals surface area contributed by atoms with Gasteiger partial charge in [0, 0.05) is 7.05 Å². The highest BCUT2D eigenvalue weighted by Crippen LogP contribution is 2.49. The third-order valence-corrected chi connectivity index (χ3v) is 4.94. The minimum Gasteiger partial charge on any atom is -0.454 e. The summed E-state index contributed by atoms with van der Waals surface area (Å²) < 4.78 is 7.80. The van der Waals surface area contributed by atoms with Crippen molar-refractivity contribution in [3.05, 3.63) is 66.0 Å². The molecule has 0 aliphatic heterocycles. The van der Waals surface area contributed by atoms with E-state index in [2.05, 4.69) is 4.98 Å². The molecular formula is C20H20N2O2. The monoisotopic (exact) mass is 320 g/mol. The standard InChI is InChI=1S/C20H20N2O2/c1-14(18-21-16-10-6-7-11-17(16)22(18)2)24-19(23)20(12-13-20)15-8-4-3-5-9-15/h3-11,14H,12-13H2,1-2H3/t14-/m0/s1. The number of imidazole rings is 1. The van der Waals surface area contributed by atoms with Gasteiger partial charge in [0.15, 0.2) is 11.9 Å². The van der Waals surface area contributed by atoms with Gasteiger partial charge in [-0.25, -0.2) is 4.98 Å². The lowest BCUT2D eigenvalue weighted by molar-refractivity contribution is -0.152. The van der Waals surface area contributed by atoms with Gasteiger partial charge in [0.2, 0.25) is 0 Å². The van der Waals surface area contributed by atoms with Crippen molar-refractivity contribution < 1.29 is 9.53 Å². The molecule has 3 aromatic rings. The molecule has 1 atom stereocenters. The van der Waals surface area contributed by atoms with Gasteiger partial charge < -0.3 is 9.30 Å². The number of nitrogens with zero attached hydrogens (tertiary/aromatic N) is 2. The number of benzene rings is 2. The molecule has 0 radical (unpaired) electrons. The van der Waals surface area contributed by atoms with Crippen molar-refractivity contribution in [2.24, 2.45) is 7.05 Å². The maximum absolute atomic E-state index is 12.8. The molecule has 1 heterocycles. The SMILES string of the molecule is C[C@H](OC(=O)C1(c2ccccc2)CC1)c1nc2ccccc2n1C. The first-order valence-corrected chi connectivity index (χ1v) is 8.30. The molecule has 0 saturated heterocycles. The van der Waals surface area contributed by atoms with E-state index in [1.807, 2.05) is 73.1 Å². The van der Waals surface area contributed by atoms with Crippen LogP contribution < -0.4 is 0 Å². The van der Waals surface area contributed by atoms with Crippen LogP contribution in [0.25, 0.3) is 11.0 Å². The first kappa shape index (κ1) is 14.9. The quantitative estimate of drug-likeness (QED) is 0.685. The Morgan fingerprint density at radius 2 is 1.79 bits per heavy atom. The van der Waals surface area contributed by atoms with Crippen LogP contribution in [-0.2, 0) is 22.0 Å². The molecule has 4 rings (SSSR count). The highest BCUT2D eigenvalue weighted by Gasteiger charge is 2.53. The Hall–Kier alpha value is -2.62. The van der Waals surface area contributed by atoms with Gasteiger partial charge in [-0.15, -0.1) is 0 Å². The van der Waals surface area contributed by atoms with Gasteiger partial charge in [-0.2, -0.15) is 0 Å². The van der Waals surface area contributed by atoms with E-state index in [0.29, 0.717) is 0 Å². The zero-order valence-corrected chi connectivity index (χ0v) is 13.9. The molecule has 24 heavy (non-hydrogen) atoms. The van der Waals surface area contributed by atoms with Crippen molar-refractivity contribution in [2.75, 3.05) is 0 Å². The van der Waals surface area contributed by atoms with E-state index in [-0.39, 0.29) is 12.1 Å². The van der Waals surface area contributed by atoms with Crippen LogP contribution >= 0.6 is 0 Å². The Kier molecular flexibility index (Phi) is 3.41. The summed E-state index contributed by atoms with van der Waals surface area (Å²) in [5.74, 6) is 0.627. The number of hydrogen-bond donors (Lipinski definition) is 0. The van der Waals surface area contributed by atoms with E-state index < -0.39 is 5.41 Å². The van der Waals surface area contributed by atoms with Crippen LogP contribution in [0.15, 0.2) is 54.6 Å². The number of aromatic nitrogens is 2. The fourth-order valence-corrected chi connectivity index (χ4v) is 3.35. The van der Waals surface area contributed by atoms with Crippen molar-refractivity contribution in [3.63, 3.8) is 0 Å². The van der Waals surface area contributed by atoms with Gasteiger partial charge in [0.25, 0.3) is 0 Å². The third kappa shape index (κ3) is 2.30. The maximum atomic E-state index is 12.8. The Labute approximate surface area is 141 Å². The molecule has 0 spiro atoms. The minimum atomic E-state index is -0.458. The van der Waals surface area contributed by atoms with Crippen LogP contribution in [0.1, 0.15) is 37.3 Å². The van der Waals surface area contributed by atoms with Crippen LogP contribution in [0.2, 0.25) is 0 Å². The number of para-hydroxylation sites is 2. The third-order valence-electron chi connectivity index (χ3n) is 4.94.